The van der Waals surface area contributed by atoms with Gasteiger partial charge in [0.15, 0.2) is 0 Å². The van der Waals surface area contributed by atoms with Gasteiger partial charge in [-0.3, -0.25) is 4.79 Å². The van der Waals surface area contributed by atoms with Gasteiger partial charge in [0.2, 0.25) is 0 Å². The van der Waals surface area contributed by atoms with Crippen molar-refractivity contribution in [3.05, 3.63) is 41.0 Å². The van der Waals surface area contributed by atoms with Crippen LogP contribution in [0.5, 0.6) is 5.75 Å². The molecule has 3 heteroatoms. The number of aldehydes is 1. The van der Waals surface area contributed by atoms with E-state index in [9.17, 15) is 4.79 Å². The molecule has 0 atom stereocenters. The topological polar surface area (TPSA) is 35.5 Å². The maximum atomic E-state index is 10.8. The molecule has 0 fully saturated rings. The molecule has 19 heavy (non-hydrogen) atoms. The minimum atomic E-state index is 0.595. The van der Waals surface area contributed by atoms with Gasteiger partial charge in [-0.25, -0.2) is 0 Å². The number of rotatable bonds is 8. The van der Waals surface area contributed by atoms with Gasteiger partial charge in [-0.15, -0.1) is 0 Å². The summed E-state index contributed by atoms with van der Waals surface area (Å²) in [5.74, 6) is 0.772. The lowest BCUT2D eigenvalue weighted by Crippen LogP contribution is -2.05. The maximum Gasteiger partial charge on any atom is 0.150 e. The number of hydrogen-bond donors (Lipinski definition) is 0. The van der Waals surface area contributed by atoms with Gasteiger partial charge in [0.1, 0.15) is 12.0 Å². The van der Waals surface area contributed by atoms with Gasteiger partial charge in [-0.1, -0.05) is 23.8 Å². The molecule has 0 spiro atoms. The van der Waals surface area contributed by atoms with Crippen molar-refractivity contribution in [2.24, 2.45) is 0 Å². The van der Waals surface area contributed by atoms with Crippen LogP contribution in [0.25, 0.3) is 0 Å². The molecule has 1 aromatic carbocycles. The average molecular weight is 262 g/mol. The molecule has 0 saturated carbocycles. The second kappa shape index (κ2) is 8.48. The third-order valence-electron chi connectivity index (χ3n) is 2.97. The minimum Gasteiger partial charge on any atom is -0.493 e. The lowest BCUT2D eigenvalue weighted by molar-refractivity contribution is 0.112. The lowest BCUT2D eigenvalue weighted by atomic mass is 10.1. The lowest BCUT2D eigenvalue weighted by Gasteiger charge is -2.10. The predicted octanol–water partition coefficient (Wildman–Crippen LogP) is 3.56. The highest BCUT2D eigenvalue weighted by Gasteiger charge is 2.03. The van der Waals surface area contributed by atoms with Gasteiger partial charge in [-0.2, -0.15) is 0 Å². The molecule has 0 radical (unpaired) electrons. The number of carbonyl (C=O) groups is 1. The van der Waals surface area contributed by atoms with E-state index in [2.05, 4.69) is 0 Å². The van der Waals surface area contributed by atoms with E-state index >= 15 is 0 Å². The summed E-state index contributed by atoms with van der Waals surface area (Å²) in [5, 5.41) is 0. The Hall–Kier alpha value is -1.61. The monoisotopic (exact) mass is 262 g/mol. The van der Waals surface area contributed by atoms with Crippen molar-refractivity contribution in [2.75, 3.05) is 19.8 Å². The quantitative estimate of drug-likeness (QED) is 0.408. The molecule has 0 heterocycles. The van der Waals surface area contributed by atoms with E-state index in [1.807, 2.05) is 39.0 Å². The van der Waals surface area contributed by atoms with Crippen molar-refractivity contribution in [3.63, 3.8) is 0 Å². The fraction of sp³-hybridized carbons (Fsp3) is 0.438. The van der Waals surface area contributed by atoms with Gasteiger partial charge in [0, 0.05) is 17.5 Å². The zero-order chi connectivity index (χ0) is 14.1. The van der Waals surface area contributed by atoms with Crippen molar-refractivity contribution in [1.82, 2.24) is 0 Å². The summed E-state index contributed by atoms with van der Waals surface area (Å²) in [4.78, 5) is 10.8. The second-order valence-electron chi connectivity index (χ2n) is 4.48. The molecule has 104 valence electrons. The van der Waals surface area contributed by atoms with Crippen molar-refractivity contribution in [1.29, 1.82) is 0 Å². The van der Waals surface area contributed by atoms with E-state index in [1.165, 1.54) is 5.57 Å². The summed E-state index contributed by atoms with van der Waals surface area (Å²) in [5.41, 5.74) is 2.80. The summed E-state index contributed by atoms with van der Waals surface area (Å²) in [6, 6.07) is 5.50. The first kappa shape index (κ1) is 15.4. The molecule has 1 aromatic rings. The van der Waals surface area contributed by atoms with Crippen molar-refractivity contribution >= 4 is 6.29 Å². The molecule has 0 bridgehead atoms. The Morgan fingerprint density at radius 3 is 2.79 bits per heavy atom. The van der Waals surface area contributed by atoms with Crippen LogP contribution in [0.1, 0.15) is 36.2 Å². The van der Waals surface area contributed by atoms with Crippen molar-refractivity contribution < 1.29 is 14.3 Å². The van der Waals surface area contributed by atoms with Crippen LogP contribution in [0.2, 0.25) is 0 Å². The highest BCUT2D eigenvalue weighted by molar-refractivity contribution is 5.78. The van der Waals surface area contributed by atoms with Gasteiger partial charge in [0.05, 0.1) is 19.8 Å². The third kappa shape index (κ3) is 5.26. The van der Waals surface area contributed by atoms with Crippen molar-refractivity contribution in [2.45, 2.75) is 27.2 Å². The Morgan fingerprint density at radius 1 is 1.32 bits per heavy atom. The molecule has 0 aromatic heterocycles. The van der Waals surface area contributed by atoms with Crippen LogP contribution >= 0.6 is 0 Å². The normalized spacial score (nSPS) is 11.4. The second-order valence-corrected chi connectivity index (χ2v) is 4.48. The molecule has 0 N–H and O–H groups in total. The fourth-order valence-corrected chi connectivity index (χ4v) is 1.58. The number of benzene rings is 1. The van der Waals surface area contributed by atoms with E-state index < -0.39 is 0 Å². The van der Waals surface area contributed by atoms with Gasteiger partial charge in [-0.05, 0) is 26.8 Å². The summed E-state index contributed by atoms with van der Waals surface area (Å²) < 4.78 is 11.2. The molecule has 0 aliphatic carbocycles. The molecular weight excluding hydrogens is 240 g/mol. The van der Waals surface area contributed by atoms with E-state index in [0.717, 1.165) is 24.0 Å². The Morgan fingerprint density at radius 2 is 2.11 bits per heavy atom. The smallest absolute Gasteiger partial charge is 0.150 e. The highest BCUT2D eigenvalue weighted by Crippen LogP contribution is 2.20. The van der Waals surface area contributed by atoms with Crippen LogP contribution < -0.4 is 4.74 Å². The Kier molecular flexibility index (Phi) is 6.90. The largest absolute Gasteiger partial charge is 0.493 e. The summed E-state index contributed by atoms with van der Waals surface area (Å²) in [6.07, 6.45) is 3.73. The Labute approximate surface area is 115 Å². The van der Waals surface area contributed by atoms with E-state index in [-0.39, 0.29) is 0 Å². The SMILES string of the molecule is CC=C(C)COCCCOc1cccc(C=O)c1C. The van der Waals surface area contributed by atoms with Crippen LogP contribution in [-0.4, -0.2) is 26.1 Å². The molecule has 3 nitrogen and oxygen atoms in total. The first-order valence-corrected chi connectivity index (χ1v) is 6.56. The Balaban J connectivity index is 2.28. The third-order valence-corrected chi connectivity index (χ3v) is 2.97. The van der Waals surface area contributed by atoms with Crippen LogP contribution in [0, 0.1) is 6.92 Å². The zero-order valence-electron chi connectivity index (χ0n) is 11.9. The molecule has 1 rings (SSSR count). The zero-order valence-corrected chi connectivity index (χ0v) is 11.9. The minimum absolute atomic E-state index is 0.595. The molecular formula is C16H22O3. The molecule has 0 unspecified atom stereocenters. The standard InChI is InChI=1S/C16H22O3/c1-4-13(2)12-18-9-6-10-19-16-8-5-7-15(11-17)14(16)3/h4-5,7-8,11H,6,9-10,12H2,1-3H3. The van der Waals surface area contributed by atoms with Gasteiger partial charge < -0.3 is 9.47 Å². The molecule has 0 saturated heterocycles. The van der Waals surface area contributed by atoms with E-state index in [1.54, 1.807) is 6.07 Å². The number of carbonyl (C=O) groups excluding carboxylic acids is 1. The van der Waals surface area contributed by atoms with Crippen LogP contribution in [0.3, 0.4) is 0 Å². The van der Waals surface area contributed by atoms with Crippen LogP contribution in [0.15, 0.2) is 29.8 Å². The molecule has 0 amide bonds. The highest BCUT2D eigenvalue weighted by atomic mass is 16.5. The average Bonchev–Trinajstić information content (AvgIpc) is 2.43. The van der Waals surface area contributed by atoms with Gasteiger partial charge >= 0.3 is 0 Å². The Bertz CT molecular complexity index is 436. The summed E-state index contributed by atoms with van der Waals surface area (Å²) in [6.45, 7) is 7.89. The molecule has 0 aliphatic rings. The predicted molar refractivity (Wildman–Crippen MR) is 76.9 cm³/mol. The number of ether oxygens (including phenoxy) is 2. The van der Waals surface area contributed by atoms with Gasteiger partial charge in [0.25, 0.3) is 0 Å². The van der Waals surface area contributed by atoms with Crippen molar-refractivity contribution in [3.8, 4) is 5.75 Å². The molecule has 0 aliphatic heterocycles. The fourth-order valence-electron chi connectivity index (χ4n) is 1.58. The van der Waals surface area contributed by atoms with Crippen LogP contribution in [0.4, 0.5) is 0 Å². The maximum absolute atomic E-state index is 10.8. The van der Waals surface area contributed by atoms with E-state index in [0.29, 0.717) is 25.4 Å². The van der Waals surface area contributed by atoms with E-state index in [4.69, 9.17) is 9.47 Å². The first-order chi connectivity index (χ1) is 9.19. The number of hydrogen-bond acceptors (Lipinski definition) is 3. The van der Waals surface area contributed by atoms with Crippen LogP contribution in [-0.2, 0) is 4.74 Å². The first-order valence-electron chi connectivity index (χ1n) is 6.56. The summed E-state index contributed by atoms with van der Waals surface area (Å²) in [7, 11) is 0. The number of allylic oxidation sites excluding steroid dienone is 1. The summed E-state index contributed by atoms with van der Waals surface area (Å²) >= 11 is 0.